The van der Waals surface area contributed by atoms with Gasteiger partial charge in [0, 0.05) is 42.8 Å². The number of benzene rings is 1. The third kappa shape index (κ3) is 3.46. The van der Waals surface area contributed by atoms with Gasteiger partial charge in [0.1, 0.15) is 11.0 Å². The second-order valence-electron chi connectivity index (χ2n) is 8.88. The number of rotatable bonds is 7. The zero-order valence-corrected chi connectivity index (χ0v) is 20.3. The summed E-state index contributed by atoms with van der Waals surface area (Å²) in [6.07, 6.45) is 3.70. The first-order valence-corrected chi connectivity index (χ1v) is 13.1. The molecule has 2 aliphatic heterocycles. The van der Waals surface area contributed by atoms with Gasteiger partial charge in [0.2, 0.25) is 15.2 Å². The monoisotopic (exact) mass is 501 g/mol. The Morgan fingerprint density at radius 1 is 1.26 bits per heavy atom. The molecule has 1 spiro atoms. The fourth-order valence-electron chi connectivity index (χ4n) is 4.39. The zero-order chi connectivity index (χ0) is 23.5. The Labute approximate surface area is 200 Å². The Morgan fingerprint density at radius 3 is 2.82 bits per heavy atom. The fourth-order valence-corrected chi connectivity index (χ4v) is 6.95. The molecule has 11 nitrogen and oxygen atoms in total. The molecule has 0 atom stereocenters. The van der Waals surface area contributed by atoms with Crippen LogP contribution in [0.4, 0.5) is 0 Å². The van der Waals surface area contributed by atoms with Gasteiger partial charge in [0.05, 0.1) is 43.2 Å². The van der Waals surface area contributed by atoms with Crippen LogP contribution in [0.5, 0.6) is 0 Å². The van der Waals surface area contributed by atoms with Crippen molar-refractivity contribution in [2.75, 3.05) is 40.0 Å². The lowest BCUT2D eigenvalue weighted by atomic mass is 9.80. The Bertz CT molecular complexity index is 1480. The van der Waals surface area contributed by atoms with Gasteiger partial charge in [0.15, 0.2) is 0 Å². The van der Waals surface area contributed by atoms with Crippen LogP contribution in [0.15, 0.2) is 34.8 Å². The molecule has 1 aromatic carbocycles. The van der Waals surface area contributed by atoms with Gasteiger partial charge >= 0.3 is 0 Å². The largest absolute Gasteiger partial charge is 0.383 e. The van der Waals surface area contributed by atoms with Gasteiger partial charge in [-0.15, -0.1) is 16.4 Å². The van der Waals surface area contributed by atoms with E-state index in [2.05, 4.69) is 15.4 Å². The highest BCUT2D eigenvalue weighted by atomic mass is 32.2. The van der Waals surface area contributed by atoms with Crippen molar-refractivity contribution in [3.63, 3.8) is 0 Å². The first-order chi connectivity index (χ1) is 16.4. The molecule has 13 heteroatoms. The minimum atomic E-state index is -3.59. The van der Waals surface area contributed by atoms with Crippen LogP contribution in [0.25, 0.3) is 27.4 Å². The molecule has 0 radical (unpaired) electrons. The molecule has 0 amide bonds. The molecule has 5 heterocycles. The van der Waals surface area contributed by atoms with Gasteiger partial charge in [-0.05, 0) is 24.6 Å². The number of fused-ring (bicyclic) bond motifs is 1. The molecule has 4 aromatic rings. The van der Waals surface area contributed by atoms with Crippen LogP contribution in [0.3, 0.4) is 0 Å². The standard InChI is InChI=1S/C21H23N7O4S2/c1-14-5-16(34(29,30)27-10-21(11-27)12-32-13-21)6-17-19(14)28(25-24-17)20-23-18(9-33-20)15-7-22-26(8-15)3-4-31-2/h5-9H,3-4,10-13H2,1-2H3. The number of ether oxygens (including phenoxy) is 2. The molecule has 0 N–H and O–H groups in total. The van der Waals surface area contributed by atoms with Crippen molar-refractivity contribution in [2.45, 2.75) is 18.4 Å². The van der Waals surface area contributed by atoms with Gasteiger partial charge in [-0.1, -0.05) is 5.21 Å². The topological polar surface area (TPSA) is 117 Å². The maximum absolute atomic E-state index is 13.1. The minimum Gasteiger partial charge on any atom is -0.383 e. The van der Waals surface area contributed by atoms with E-state index in [-0.39, 0.29) is 10.3 Å². The average molecular weight is 502 g/mol. The highest BCUT2D eigenvalue weighted by molar-refractivity contribution is 7.89. The second-order valence-corrected chi connectivity index (χ2v) is 11.6. The molecule has 6 rings (SSSR count). The van der Waals surface area contributed by atoms with E-state index in [1.165, 1.54) is 15.6 Å². The molecule has 178 valence electrons. The molecule has 0 unspecified atom stereocenters. The van der Waals surface area contributed by atoms with Crippen molar-refractivity contribution in [1.29, 1.82) is 0 Å². The predicted molar refractivity (Wildman–Crippen MR) is 124 cm³/mol. The lowest BCUT2D eigenvalue weighted by molar-refractivity contribution is -0.166. The normalized spacial score (nSPS) is 17.8. The maximum Gasteiger partial charge on any atom is 0.243 e. The van der Waals surface area contributed by atoms with E-state index in [0.717, 1.165) is 22.3 Å². The summed E-state index contributed by atoms with van der Waals surface area (Å²) in [5.74, 6) is 0. The summed E-state index contributed by atoms with van der Waals surface area (Å²) in [4.78, 5) is 4.96. The maximum atomic E-state index is 13.1. The predicted octanol–water partition coefficient (Wildman–Crippen LogP) is 1.72. The van der Waals surface area contributed by atoms with E-state index in [1.807, 2.05) is 23.2 Å². The van der Waals surface area contributed by atoms with Crippen molar-refractivity contribution in [3.8, 4) is 16.4 Å². The summed E-state index contributed by atoms with van der Waals surface area (Å²) < 4.78 is 41.6. The van der Waals surface area contributed by atoms with Crippen molar-refractivity contribution in [3.05, 3.63) is 35.5 Å². The van der Waals surface area contributed by atoms with Gasteiger partial charge in [0.25, 0.3) is 0 Å². The molecule has 0 bridgehead atoms. The summed E-state index contributed by atoms with van der Waals surface area (Å²) >= 11 is 1.44. The first-order valence-electron chi connectivity index (χ1n) is 10.8. The number of hydrogen-bond acceptors (Lipinski definition) is 9. The smallest absolute Gasteiger partial charge is 0.243 e. The second kappa shape index (κ2) is 7.92. The fraction of sp³-hybridized carbons (Fsp3) is 0.429. The van der Waals surface area contributed by atoms with Crippen LogP contribution in [-0.2, 0) is 26.0 Å². The van der Waals surface area contributed by atoms with Gasteiger partial charge in [-0.2, -0.15) is 14.1 Å². The summed E-state index contributed by atoms with van der Waals surface area (Å²) in [6, 6.07) is 3.28. The summed E-state index contributed by atoms with van der Waals surface area (Å²) in [5, 5.41) is 15.5. The molecule has 0 aliphatic carbocycles. The van der Waals surface area contributed by atoms with Crippen molar-refractivity contribution >= 4 is 32.4 Å². The summed E-state index contributed by atoms with van der Waals surface area (Å²) in [5.41, 5.74) is 3.73. The molecule has 3 aromatic heterocycles. The Kier molecular flexibility index (Phi) is 5.08. The van der Waals surface area contributed by atoms with E-state index in [9.17, 15) is 8.42 Å². The number of methoxy groups -OCH3 is 1. The quantitative estimate of drug-likeness (QED) is 0.376. The summed E-state index contributed by atoms with van der Waals surface area (Å²) in [6.45, 7) is 5.39. The first kappa shape index (κ1) is 21.8. The third-order valence-corrected chi connectivity index (χ3v) is 8.90. The molecular formula is C21H23N7O4S2. The van der Waals surface area contributed by atoms with Crippen LogP contribution in [0, 0.1) is 12.3 Å². The molecule has 2 aliphatic rings. The minimum absolute atomic E-state index is 0.0121. The van der Waals surface area contributed by atoms with E-state index in [0.29, 0.717) is 50.1 Å². The molecule has 2 fully saturated rings. The summed E-state index contributed by atoms with van der Waals surface area (Å²) in [7, 11) is -1.93. The molecular weight excluding hydrogens is 478 g/mol. The number of hydrogen-bond donors (Lipinski definition) is 0. The van der Waals surface area contributed by atoms with E-state index in [4.69, 9.17) is 14.5 Å². The van der Waals surface area contributed by atoms with Crippen LogP contribution >= 0.6 is 11.3 Å². The number of sulfonamides is 1. The van der Waals surface area contributed by atoms with Crippen LogP contribution in [0.1, 0.15) is 5.56 Å². The molecule has 0 saturated carbocycles. The van der Waals surface area contributed by atoms with E-state index in [1.54, 1.807) is 30.1 Å². The van der Waals surface area contributed by atoms with E-state index < -0.39 is 10.0 Å². The van der Waals surface area contributed by atoms with Gasteiger partial charge in [-0.25, -0.2) is 13.4 Å². The average Bonchev–Trinajstić information content (AvgIpc) is 3.48. The van der Waals surface area contributed by atoms with Crippen molar-refractivity contribution in [1.82, 2.24) is 34.1 Å². The third-order valence-electron chi connectivity index (χ3n) is 6.31. The number of nitrogens with zero attached hydrogens (tertiary/aromatic N) is 7. The Morgan fingerprint density at radius 2 is 2.09 bits per heavy atom. The van der Waals surface area contributed by atoms with Gasteiger partial charge < -0.3 is 9.47 Å². The lowest BCUT2D eigenvalue weighted by Gasteiger charge is -2.53. The zero-order valence-electron chi connectivity index (χ0n) is 18.7. The Hall–Kier alpha value is -2.71. The molecule has 2 saturated heterocycles. The van der Waals surface area contributed by atoms with Gasteiger partial charge in [-0.3, -0.25) is 4.68 Å². The lowest BCUT2D eigenvalue weighted by Crippen LogP contribution is -2.66. The van der Waals surface area contributed by atoms with Crippen molar-refractivity contribution < 1.29 is 17.9 Å². The number of aromatic nitrogens is 6. The Balaban J connectivity index is 1.29. The highest BCUT2D eigenvalue weighted by Crippen LogP contribution is 2.41. The van der Waals surface area contributed by atoms with Crippen LogP contribution in [0.2, 0.25) is 0 Å². The van der Waals surface area contributed by atoms with Crippen LogP contribution in [-0.4, -0.2) is 82.5 Å². The molecule has 34 heavy (non-hydrogen) atoms. The van der Waals surface area contributed by atoms with E-state index >= 15 is 0 Å². The highest BCUT2D eigenvalue weighted by Gasteiger charge is 2.53. The van der Waals surface area contributed by atoms with Crippen molar-refractivity contribution in [2.24, 2.45) is 5.41 Å². The number of thiazole rings is 1. The van der Waals surface area contributed by atoms with Crippen LogP contribution < -0.4 is 0 Å². The number of aryl methyl sites for hydroxylation is 1. The SMILES string of the molecule is COCCn1cc(-c2csc(-n3nnc4cc(S(=O)(=O)N5CC6(COC6)C5)cc(C)c43)n2)cn1.